The fraction of sp³-hybridized carbons (Fsp3) is 0.115. The van der Waals surface area contributed by atoms with Crippen molar-refractivity contribution in [3.05, 3.63) is 73.2 Å². The monoisotopic (exact) mass is 451 g/mol. The third-order valence-corrected chi connectivity index (χ3v) is 5.67. The Bertz CT molecular complexity index is 1460. The number of anilines is 1. The maximum atomic E-state index is 12.1. The minimum atomic E-state index is -0.478. The predicted octanol–water partition coefficient (Wildman–Crippen LogP) is 2.98. The van der Waals surface area contributed by atoms with Crippen LogP contribution in [-0.4, -0.2) is 38.2 Å². The zero-order valence-electron chi connectivity index (χ0n) is 18.2. The first-order valence-electron chi connectivity index (χ1n) is 10.6. The fourth-order valence-electron chi connectivity index (χ4n) is 4.20. The second-order valence-corrected chi connectivity index (χ2v) is 7.74. The molecule has 1 amide bonds. The molecule has 0 saturated carbocycles. The van der Waals surface area contributed by atoms with E-state index in [4.69, 9.17) is 15.6 Å². The Kier molecular flexibility index (Phi) is 5.46. The maximum absolute atomic E-state index is 12.1. The molecule has 1 atom stereocenters. The molecule has 0 saturated heterocycles. The van der Waals surface area contributed by atoms with Crippen LogP contribution < -0.4 is 15.8 Å². The molecular weight excluding hydrogens is 430 g/mol. The summed E-state index contributed by atoms with van der Waals surface area (Å²) in [5, 5.41) is 12.4. The van der Waals surface area contributed by atoms with Crippen LogP contribution in [0.25, 0.3) is 27.7 Å². The van der Waals surface area contributed by atoms with Gasteiger partial charge in [-0.1, -0.05) is 42.8 Å². The molecular formula is C26H21N5O3. The normalized spacial score (nSPS) is 14.4. The van der Waals surface area contributed by atoms with Crippen LogP contribution in [0.1, 0.15) is 5.69 Å². The Balaban J connectivity index is 1.54. The SMILES string of the molecule is C=C1c2c(-c3ccc(Oc4ccccc4)cc3)c3c(N)ncnc3n2C[C@H]1NC(=O)C#CCO. The first kappa shape index (κ1) is 21.2. The number of aromatic nitrogens is 3. The lowest BCUT2D eigenvalue weighted by Gasteiger charge is -2.13. The van der Waals surface area contributed by atoms with Crippen LogP contribution in [0.5, 0.6) is 11.5 Å². The van der Waals surface area contributed by atoms with Crippen LogP contribution in [0.4, 0.5) is 5.82 Å². The van der Waals surface area contributed by atoms with Gasteiger partial charge in [-0.3, -0.25) is 4.79 Å². The average molecular weight is 451 g/mol. The van der Waals surface area contributed by atoms with E-state index in [9.17, 15) is 4.79 Å². The second kappa shape index (κ2) is 8.73. The van der Waals surface area contributed by atoms with Crippen molar-refractivity contribution in [3.63, 3.8) is 0 Å². The van der Waals surface area contributed by atoms with E-state index in [0.29, 0.717) is 23.8 Å². The predicted molar refractivity (Wildman–Crippen MR) is 130 cm³/mol. The van der Waals surface area contributed by atoms with Crippen molar-refractivity contribution in [3.8, 4) is 34.5 Å². The Hall–Kier alpha value is -4.61. The molecule has 2 aromatic heterocycles. The summed E-state index contributed by atoms with van der Waals surface area (Å²) in [6.45, 7) is 4.30. The van der Waals surface area contributed by atoms with Gasteiger partial charge in [0.1, 0.15) is 35.9 Å². The van der Waals surface area contributed by atoms with Crippen molar-refractivity contribution in [1.29, 1.82) is 0 Å². The van der Waals surface area contributed by atoms with E-state index in [1.54, 1.807) is 0 Å². The van der Waals surface area contributed by atoms with Crippen molar-refractivity contribution in [1.82, 2.24) is 19.9 Å². The second-order valence-electron chi connectivity index (χ2n) is 7.74. The van der Waals surface area contributed by atoms with Crippen molar-refractivity contribution >= 4 is 28.3 Å². The van der Waals surface area contributed by atoms with Crippen LogP contribution in [0.15, 0.2) is 67.5 Å². The Morgan fingerprint density at radius 3 is 2.65 bits per heavy atom. The van der Waals surface area contributed by atoms with E-state index >= 15 is 0 Å². The first-order chi connectivity index (χ1) is 16.6. The molecule has 1 aliphatic rings. The van der Waals surface area contributed by atoms with Gasteiger partial charge >= 0.3 is 0 Å². The van der Waals surface area contributed by atoms with E-state index in [1.807, 2.05) is 59.2 Å². The number of amides is 1. The number of aliphatic hydroxyl groups is 1. The molecule has 3 heterocycles. The van der Waals surface area contributed by atoms with Gasteiger partial charge in [-0.05, 0) is 41.3 Å². The molecule has 1 aliphatic heterocycles. The molecule has 4 N–H and O–H groups in total. The van der Waals surface area contributed by atoms with E-state index in [2.05, 4.69) is 33.7 Å². The Labute approximate surface area is 195 Å². The number of benzene rings is 2. The number of hydrogen-bond acceptors (Lipinski definition) is 6. The van der Waals surface area contributed by atoms with Gasteiger partial charge in [0.25, 0.3) is 5.91 Å². The van der Waals surface area contributed by atoms with Crippen LogP contribution in [0.3, 0.4) is 0 Å². The largest absolute Gasteiger partial charge is 0.457 e. The number of nitrogens with one attached hydrogen (secondary N) is 1. The molecule has 8 nitrogen and oxygen atoms in total. The summed E-state index contributed by atoms with van der Waals surface area (Å²) in [7, 11) is 0. The Morgan fingerprint density at radius 1 is 1.18 bits per heavy atom. The number of hydrogen-bond donors (Lipinski definition) is 3. The first-order valence-corrected chi connectivity index (χ1v) is 10.6. The third-order valence-electron chi connectivity index (χ3n) is 5.67. The number of para-hydroxylation sites is 1. The number of nitrogen functional groups attached to an aromatic ring is 1. The summed E-state index contributed by atoms with van der Waals surface area (Å²) in [6.07, 6.45) is 1.42. The van der Waals surface area contributed by atoms with E-state index in [-0.39, 0.29) is 12.6 Å². The molecule has 4 aromatic rings. The number of nitrogens with zero attached hydrogens (tertiary/aromatic N) is 3. The third kappa shape index (κ3) is 3.74. The minimum absolute atomic E-state index is 0.365. The molecule has 34 heavy (non-hydrogen) atoms. The summed E-state index contributed by atoms with van der Waals surface area (Å²) in [5.74, 6) is 6.05. The van der Waals surface area contributed by atoms with Gasteiger partial charge in [-0.25, -0.2) is 9.97 Å². The topological polar surface area (TPSA) is 115 Å². The van der Waals surface area contributed by atoms with E-state index < -0.39 is 5.91 Å². The fourth-order valence-corrected chi connectivity index (χ4v) is 4.20. The van der Waals surface area contributed by atoms with E-state index in [1.165, 1.54) is 6.33 Å². The zero-order chi connectivity index (χ0) is 23.7. The lowest BCUT2D eigenvalue weighted by atomic mass is 9.97. The molecule has 0 unspecified atom stereocenters. The van der Waals surface area contributed by atoms with Gasteiger partial charge in [0.2, 0.25) is 0 Å². The van der Waals surface area contributed by atoms with Crippen LogP contribution in [0.2, 0.25) is 0 Å². The smallest absolute Gasteiger partial charge is 0.296 e. The number of aliphatic hydroxyl groups excluding tert-OH is 1. The van der Waals surface area contributed by atoms with E-state index in [0.717, 1.165) is 33.5 Å². The summed E-state index contributed by atoms with van der Waals surface area (Å²) in [6, 6.07) is 16.9. The summed E-state index contributed by atoms with van der Waals surface area (Å²) < 4.78 is 7.91. The highest BCUT2D eigenvalue weighted by molar-refractivity contribution is 6.07. The van der Waals surface area contributed by atoms with Crippen molar-refractivity contribution in [2.24, 2.45) is 0 Å². The number of fused-ring (bicyclic) bond motifs is 3. The maximum Gasteiger partial charge on any atom is 0.296 e. The lowest BCUT2D eigenvalue weighted by Crippen LogP contribution is -2.34. The number of carbonyl (C=O) groups is 1. The van der Waals surface area contributed by atoms with Crippen molar-refractivity contribution in [2.45, 2.75) is 12.6 Å². The number of rotatable bonds is 4. The molecule has 5 rings (SSSR count). The highest BCUT2D eigenvalue weighted by Crippen LogP contribution is 2.44. The number of ether oxygens (including phenoxy) is 1. The van der Waals surface area contributed by atoms with Gasteiger partial charge in [0, 0.05) is 12.1 Å². The molecule has 0 aliphatic carbocycles. The number of carbonyl (C=O) groups excluding carboxylic acids is 1. The molecule has 0 radical (unpaired) electrons. The molecule has 0 fully saturated rings. The Morgan fingerprint density at radius 2 is 1.91 bits per heavy atom. The van der Waals surface area contributed by atoms with Gasteiger partial charge < -0.3 is 25.5 Å². The average Bonchev–Trinajstić information content (AvgIpc) is 3.34. The molecule has 0 bridgehead atoms. The van der Waals surface area contributed by atoms with Gasteiger partial charge in [-0.15, -0.1) is 0 Å². The molecule has 8 heteroatoms. The summed E-state index contributed by atoms with van der Waals surface area (Å²) >= 11 is 0. The van der Waals surface area contributed by atoms with Crippen LogP contribution in [0, 0.1) is 11.8 Å². The number of nitrogens with two attached hydrogens (primary N) is 1. The van der Waals surface area contributed by atoms with Crippen LogP contribution in [-0.2, 0) is 11.3 Å². The van der Waals surface area contributed by atoms with Gasteiger partial charge in [0.05, 0.1) is 17.1 Å². The van der Waals surface area contributed by atoms with Gasteiger partial charge in [0.15, 0.2) is 0 Å². The quantitative estimate of drug-likeness (QED) is 0.411. The lowest BCUT2D eigenvalue weighted by molar-refractivity contribution is -0.116. The van der Waals surface area contributed by atoms with Gasteiger partial charge in [-0.2, -0.15) is 0 Å². The molecule has 168 valence electrons. The minimum Gasteiger partial charge on any atom is -0.457 e. The highest BCUT2D eigenvalue weighted by Gasteiger charge is 2.34. The highest BCUT2D eigenvalue weighted by atomic mass is 16.5. The summed E-state index contributed by atoms with van der Waals surface area (Å²) in [5.41, 5.74) is 10.2. The molecule has 0 spiro atoms. The summed E-state index contributed by atoms with van der Waals surface area (Å²) in [4.78, 5) is 20.8. The van der Waals surface area contributed by atoms with Crippen molar-refractivity contribution in [2.75, 3.05) is 12.3 Å². The zero-order valence-corrected chi connectivity index (χ0v) is 18.2. The van der Waals surface area contributed by atoms with Crippen LogP contribution >= 0.6 is 0 Å². The molecule has 2 aromatic carbocycles. The van der Waals surface area contributed by atoms with Crippen molar-refractivity contribution < 1.29 is 14.6 Å². The standard InChI is InChI=1S/C26H21N5O3/c1-16-20(30-21(33)8-5-13-32)14-31-24(16)22(23-25(27)28-15-29-26(23)31)17-9-11-19(12-10-17)34-18-6-3-2-4-7-18/h2-4,6-7,9-12,15,20,32H,1,13-14H2,(H,30,33)(H2,27,28,29)/t20-/m1/s1.